The lowest BCUT2D eigenvalue weighted by atomic mass is 9.98. The molecule has 170 valence electrons. The number of piperidine rings is 1. The summed E-state index contributed by atoms with van der Waals surface area (Å²) >= 11 is 0. The Hall–Kier alpha value is -2.46. The smallest absolute Gasteiger partial charge is 0.320 e. The fourth-order valence-electron chi connectivity index (χ4n) is 3.58. The predicted molar refractivity (Wildman–Crippen MR) is 124 cm³/mol. The second-order valence-electron chi connectivity index (χ2n) is 9.41. The quantitative estimate of drug-likeness (QED) is 0.479. The molecule has 31 heavy (non-hydrogen) atoms. The third-order valence-corrected chi connectivity index (χ3v) is 7.15. The monoisotopic (exact) mass is 446 g/mol. The summed E-state index contributed by atoms with van der Waals surface area (Å²) in [5.41, 5.74) is 1.43. The molecule has 0 spiro atoms. The number of rotatable bonds is 8. The van der Waals surface area contributed by atoms with Crippen molar-refractivity contribution in [2.24, 2.45) is 5.92 Å². The number of hydrogen-bond acceptors (Lipinski definition) is 5. The van der Waals surface area contributed by atoms with E-state index in [4.69, 9.17) is 4.74 Å². The van der Waals surface area contributed by atoms with Crippen LogP contribution in [0.5, 0.6) is 0 Å². The number of hydrogen-bond donors (Lipinski definition) is 2. The zero-order valence-corrected chi connectivity index (χ0v) is 20.0. The molecule has 1 fully saturated rings. The molecular formula is C21H34N6O3Si. The molecule has 1 saturated heterocycles. The van der Waals surface area contributed by atoms with E-state index in [1.807, 2.05) is 21.7 Å². The SMILES string of the molecule is CC(=O)N1CCCC(CNC(=O)Nc2cnc3c(ccn3COCC[Si](C)(C)C)n2)C1. The van der Waals surface area contributed by atoms with Crippen molar-refractivity contribution in [3.8, 4) is 0 Å². The summed E-state index contributed by atoms with van der Waals surface area (Å²) in [4.78, 5) is 34.6. The summed E-state index contributed by atoms with van der Waals surface area (Å²) in [6.45, 7) is 11.8. The molecule has 1 aliphatic heterocycles. The number of likely N-dealkylation sites (tertiary alicyclic amines) is 1. The number of carbonyl (C=O) groups is 2. The van der Waals surface area contributed by atoms with Crippen molar-refractivity contribution in [3.63, 3.8) is 0 Å². The lowest BCUT2D eigenvalue weighted by Crippen LogP contribution is -2.43. The highest BCUT2D eigenvalue weighted by Gasteiger charge is 2.22. The van der Waals surface area contributed by atoms with Gasteiger partial charge in [-0.2, -0.15) is 0 Å². The van der Waals surface area contributed by atoms with Crippen LogP contribution >= 0.6 is 0 Å². The maximum Gasteiger partial charge on any atom is 0.320 e. The molecule has 9 nitrogen and oxygen atoms in total. The van der Waals surface area contributed by atoms with Gasteiger partial charge in [0.05, 0.1) is 6.20 Å². The van der Waals surface area contributed by atoms with Crippen molar-refractivity contribution in [1.29, 1.82) is 0 Å². The van der Waals surface area contributed by atoms with Crippen LogP contribution in [0.4, 0.5) is 10.6 Å². The lowest BCUT2D eigenvalue weighted by Gasteiger charge is -2.32. The Labute approximate surface area is 184 Å². The second kappa shape index (κ2) is 10.2. The number of anilines is 1. The van der Waals surface area contributed by atoms with E-state index in [-0.39, 0.29) is 17.9 Å². The zero-order valence-electron chi connectivity index (χ0n) is 19.0. The first-order valence-corrected chi connectivity index (χ1v) is 14.6. The van der Waals surface area contributed by atoms with Crippen molar-refractivity contribution in [2.45, 2.75) is 52.2 Å². The van der Waals surface area contributed by atoms with E-state index < -0.39 is 8.07 Å². The van der Waals surface area contributed by atoms with Crippen LogP contribution < -0.4 is 10.6 Å². The van der Waals surface area contributed by atoms with Crippen molar-refractivity contribution >= 4 is 37.0 Å². The minimum absolute atomic E-state index is 0.0890. The number of aromatic nitrogens is 3. The molecule has 1 aliphatic rings. The molecule has 3 heterocycles. The van der Waals surface area contributed by atoms with Gasteiger partial charge in [-0.25, -0.2) is 14.8 Å². The average Bonchev–Trinajstić information content (AvgIpc) is 3.11. The highest BCUT2D eigenvalue weighted by atomic mass is 28.3. The van der Waals surface area contributed by atoms with E-state index in [9.17, 15) is 9.59 Å². The van der Waals surface area contributed by atoms with Crippen molar-refractivity contribution in [3.05, 3.63) is 18.5 Å². The summed E-state index contributed by atoms with van der Waals surface area (Å²) in [5.74, 6) is 0.759. The minimum atomic E-state index is -1.11. The van der Waals surface area contributed by atoms with Gasteiger partial charge in [0.1, 0.15) is 12.2 Å². The molecule has 2 aromatic rings. The molecule has 3 amide bonds. The molecule has 1 atom stereocenters. The summed E-state index contributed by atoms with van der Waals surface area (Å²) in [5, 5.41) is 5.63. The first-order chi connectivity index (χ1) is 14.7. The van der Waals surface area contributed by atoms with Gasteiger partial charge in [0.2, 0.25) is 5.91 Å². The fourth-order valence-corrected chi connectivity index (χ4v) is 4.34. The van der Waals surface area contributed by atoms with Crippen molar-refractivity contribution in [2.75, 3.05) is 31.6 Å². The van der Waals surface area contributed by atoms with Crippen molar-refractivity contribution < 1.29 is 14.3 Å². The number of urea groups is 1. The van der Waals surface area contributed by atoms with Crippen LogP contribution in [0, 0.1) is 5.92 Å². The summed E-state index contributed by atoms with van der Waals surface area (Å²) in [6, 6.07) is 2.67. The molecule has 2 N–H and O–H groups in total. The molecule has 1 unspecified atom stereocenters. The molecule has 2 aromatic heterocycles. The molecule has 0 bridgehead atoms. The summed E-state index contributed by atoms with van der Waals surface area (Å²) in [7, 11) is -1.11. The van der Waals surface area contributed by atoms with Crippen LogP contribution in [-0.4, -0.2) is 65.7 Å². The van der Waals surface area contributed by atoms with E-state index in [2.05, 4.69) is 40.2 Å². The topological polar surface area (TPSA) is 101 Å². The minimum Gasteiger partial charge on any atom is -0.361 e. The van der Waals surface area contributed by atoms with Crippen LogP contribution in [0.3, 0.4) is 0 Å². The number of nitrogens with zero attached hydrogens (tertiary/aromatic N) is 4. The van der Waals surface area contributed by atoms with Gasteiger partial charge in [0.25, 0.3) is 0 Å². The maximum absolute atomic E-state index is 12.3. The highest BCUT2D eigenvalue weighted by molar-refractivity contribution is 6.76. The molecule has 3 rings (SSSR count). The first kappa shape index (κ1) is 23.2. The Morgan fingerprint density at radius 3 is 2.87 bits per heavy atom. The predicted octanol–water partition coefficient (Wildman–Crippen LogP) is 3.12. The van der Waals surface area contributed by atoms with Crippen LogP contribution in [0.25, 0.3) is 11.2 Å². The van der Waals surface area contributed by atoms with Gasteiger partial charge in [-0.05, 0) is 30.9 Å². The Bertz CT molecular complexity index is 910. The normalized spacial score (nSPS) is 17.0. The average molecular weight is 447 g/mol. The maximum atomic E-state index is 12.3. The fraction of sp³-hybridized carbons (Fsp3) is 0.619. The largest absolute Gasteiger partial charge is 0.361 e. The zero-order chi connectivity index (χ0) is 22.4. The molecular weight excluding hydrogens is 412 g/mol. The van der Waals surface area contributed by atoms with E-state index >= 15 is 0 Å². The van der Waals surface area contributed by atoms with Gasteiger partial charge in [0, 0.05) is 47.4 Å². The van der Waals surface area contributed by atoms with Crippen LogP contribution in [0.2, 0.25) is 25.7 Å². The Balaban J connectivity index is 1.48. The Morgan fingerprint density at radius 1 is 1.32 bits per heavy atom. The van der Waals surface area contributed by atoms with Crippen LogP contribution in [0.15, 0.2) is 18.5 Å². The molecule has 0 aromatic carbocycles. The number of nitrogens with one attached hydrogen (secondary N) is 2. The van der Waals surface area contributed by atoms with Crippen LogP contribution in [-0.2, 0) is 16.3 Å². The van der Waals surface area contributed by atoms with E-state index in [0.29, 0.717) is 31.2 Å². The van der Waals surface area contributed by atoms with Gasteiger partial charge in [-0.1, -0.05) is 19.6 Å². The number of carbonyl (C=O) groups excluding carboxylic acids is 2. The summed E-state index contributed by atoms with van der Waals surface area (Å²) < 4.78 is 7.71. The van der Waals surface area contributed by atoms with Gasteiger partial charge < -0.3 is 19.5 Å². The third-order valence-electron chi connectivity index (χ3n) is 5.45. The molecule has 0 radical (unpaired) electrons. The first-order valence-electron chi connectivity index (χ1n) is 10.9. The van der Waals surface area contributed by atoms with Gasteiger partial charge >= 0.3 is 6.03 Å². The Kier molecular flexibility index (Phi) is 7.66. The number of ether oxygens (including phenoxy) is 1. The molecule has 0 aliphatic carbocycles. The van der Waals surface area contributed by atoms with Gasteiger partial charge in [0.15, 0.2) is 11.5 Å². The van der Waals surface area contributed by atoms with Crippen LogP contribution in [0.1, 0.15) is 19.8 Å². The third kappa shape index (κ3) is 7.03. The Morgan fingerprint density at radius 2 is 2.13 bits per heavy atom. The van der Waals surface area contributed by atoms with E-state index in [1.54, 1.807) is 13.1 Å². The second-order valence-corrected chi connectivity index (χ2v) is 15.0. The van der Waals surface area contributed by atoms with E-state index in [0.717, 1.165) is 37.7 Å². The van der Waals surface area contributed by atoms with Crippen molar-refractivity contribution in [1.82, 2.24) is 24.8 Å². The van der Waals surface area contributed by atoms with E-state index in [1.165, 1.54) is 0 Å². The number of fused-ring (bicyclic) bond motifs is 1. The summed E-state index contributed by atoms with van der Waals surface area (Å²) in [6.07, 6.45) is 5.42. The number of amides is 3. The van der Waals surface area contributed by atoms with Gasteiger partial charge in [-0.3, -0.25) is 10.1 Å². The molecule has 0 saturated carbocycles. The lowest BCUT2D eigenvalue weighted by molar-refractivity contribution is -0.130. The standard InChI is InChI=1S/C21H34N6O3Si/c1-16(28)26-8-5-6-17(14-26)12-23-21(29)25-19-13-22-20-18(24-19)7-9-27(20)15-30-10-11-31(2,3)4/h7,9,13,17H,5-6,8,10-12,14-15H2,1-4H3,(H2,23,24,25,29). The van der Waals surface area contributed by atoms with Gasteiger partial charge in [-0.15, -0.1) is 0 Å². The highest BCUT2D eigenvalue weighted by Crippen LogP contribution is 2.17. The molecule has 10 heteroatoms.